The summed E-state index contributed by atoms with van der Waals surface area (Å²) in [6.07, 6.45) is 1.60. The average molecular weight is 344 g/mol. The number of halogens is 1. The van der Waals surface area contributed by atoms with Crippen LogP contribution in [0.4, 0.5) is 4.39 Å². The highest BCUT2D eigenvalue weighted by Crippen LogP contribution is 2.31. The van der Waals surface area contributed by atoms with Gasteiger partial charge in [0, 0.05) is 22.9 Å². The van der Waals surface area contributed by atoms with Gasteiger partial charge in [0.05, 0.1) is 23.6 Å². The molecular formula is C22H17FN2O. The molecule has 0 saturated carbocycles. The number of nitrogens with one attached hydrogen (secondary N) is 1. The van der Waals surface area contributed by atoms with Gasteiger partial charge in [-0.05, 0) is 24.3 Å². The number of hydrogen-bond donors (Lipinski definition) is 1. The van der Waals surface area contributed by atoms with Crippen molar-refractivity contribution in [2.24, 2.45) is 0 Å². The third-order valence-electron chi connectivity index (χ3n) is 4.41. The van der Waals surface area contributed by atoms with Crippen molar-refractivity contribution in [3.05, 3.63) is 96.5 Å². The first kappa shape index (κ1) is 16.1. The molecule has 0 bridgehead atoms. The van der Waals surface area contributed by atoms with Gasteiger partial charge in [-0.2, -0.15) is 0 Å². The second-order valence-electron chi connectivity index (χ2n) is 6.16. The molecule has 0 aliphatic carbocycles. The highest BCUT2D eigenvalue weighted by atomic mass is 19.1. The van der Waals surface area contributed by atoms with Gasteiger partial charge in [-0.3, -0.25) is 4.79 Å². The van der Waals surface area contributed by atoms with Crippen LogP contribution in [0.15, 0.2) is 79.4 Å². The topological polar surface area (TPSA) is 34.0 Å². The number of aromatic nitrogens is 1. The van der Waals surface area contributed by atoms with Crippen molar-refractivity contribution in [2.75, 3.05) is 6.54 Å². The molecule has 3 nitrogen and oxygen atoms in total. The molecule has 0 spiro atoms. The van der Waals surface area contributed by atoms with E-state index in [1.807, 2.05) is 41.0 Å². The molecule has 2 heterocycles. The minimum atomic E-state index is -0.285. The minimum absolute atomic E-state index is 0.0688. The molecule has 0 saturated heterocycles. The SMILES string of the molecule is C=C1CN/C(=C\C(=O)c2ccccc2)c2ccc(-c3cccc(F)c3)n21. The number of rotatable bonds is 3. The summed E-state index contributed by atoms with van der Waals surface area (Å²) in [7, 11) is 0. The summed E-state index contributed by atoms with van der Waals surface area (Å²) in [5, 5.41) is 3.25. The lowest BCUT2D eigenvalue weighted by atomic mass is 10.1. The summed E-state index contributed by atoms with van der Waals surface area (Å²) in [6, 6.07) is 19.4. The Hall–Kier alpha value is -3.40. The van der Waals surface area contributed by atoms with E-state index in [9.17, 15) is 9.18 Å². The molecule has 0 radical (unpaired) electrons. The molecule has 1 aliphatic heterocycles. The van der Waals surface area contributed by atoms with Crippen LogP contribution in [0.5, 0.6) is 0 Å². The van der Waals surface area contributed by atoms with Gasteiger partial charge in [0.25, 0.3) is 0 Å². The van der Waals surface area contributed by atoms with E-state index in [1.54, 1.807) is 24.3 Å². The standard InChI is InChI=1S/C22H17FN2O/c1-15-14-24-19(13-22(26)16-6-3-2-4-7-16)21-11-10-20(25(15)21)17-8-5-9-18(23)12-17/h2-13,24H,1,14H2/b19-13-. The van der Waals surface area contributed by atoms with Crippen molar-refractivity contribution in [1.82, 2.24) is 9.88 Å². The van der Waals surface area contributed by atoms with Crippen molar-refractivity contribution in [2.45, 2.75) is 0 Å². The molecule has 4 heteroatoms. The number of ketones is 1. The number of allylic oxidation sites excluding steroid dienone is 1. The van der Waals surface area contributed by atoms with Crippen LogP contribution in [0.3, 0.4) is 0 Å². The zero-order valence-corrected chi connectivity index (χ0v) is 14.1. The Balaban J connectivity index is 1.77. The molecule has 2 aromatic carbocycles. The van der Waals surface area contributed by atoms with Crippen molar-refractivity contribution < 1.29 is 9.18 Å². The first-order valence-electron chi connectivity index (χ1n) is 8.34. The fourth-order valence-electron chi connectivity index (χ4n) is 3.17. The monoisotopic (exact) mass is 344 g/mol. The summed E-state index contributed by atoms with van der Waals surface area (Å²) >= 11 is 0. The molecule has 0 atom stereocenters. The Bertz CT molecular complexity index is 1030. The minimum Gasteiger partial charge on any atom is -0.378 e. The fraction of sp³-hybridized carbons (Fsp3) is 0.0455. The van der Waals surface area contributed by atoms with Gasteiger partial charge in [-0.25, -0.2) is 4.39 Å². The highest BCUT2D eigenvalue weighted by molar-refractivity contribution is 6.08. The molecule has 1 N–H and O–H groups in total. The van der Waals surface area contributed by atoms with Crippen LogP contribution in [0, 0.1) is 5.82 Å². The Morgan fingerprint density at radius 1 is 1.04 bits per heavy atom. The smallest absolute Gasteiger partial charge is 0.187 e. The molecule has 0 unspecified atom stereocenters. The number of nitrogens with zero attached hydrogens (tertiary/aromatic N) is 1. The summed E-state index contributed by atoms with van der Waals surface area (Å²) in [6.45, 7) is 4.61. The first-order chi connectivity index (χ1) is 12.6. The van der Waals surface area contributed by atoms with E-state index in [1.165, 1.54) is 12.1 Å². The van der Waals surface area contributed by atoms with Gasteiger partial charge >= 0.3 is 0 Å². The van der Waals surface area contributed by atoms with Gasteiger partial charge in [0.1, 0.15) is 5.82 Å². The predicted octanol–water partition coefficient (Wildman–Crippen LogP) is 4.59. The van der Waals surface area contributed by atoms with Crippen molar-refractivity contribution in [1.29, 1.82) is 0 Å². The van der Waals surface area contributed by atoms with E-state index in [4.69, 9.17) is 0 Å². The Morgan fingerprint density at radius 3 is 2.58 bits per heavy atom. The summed E-state index contributed by atoms with van der Waals surface area (Å²) in [5.74, 6) is -0.353. The van der Waals surface area contributed by atoms with Crippen LogP contribution in [-0.2, 0) is 0 Å². The molecule has 128 valence electrons. The van der Waals surface area contributed by atoms with Crippen LogP contribution in [0.2, 0.25) is 0 Å². The summed E-state index contributed by atoms with van der Waals surface area (Å²) < 4.78 is 15.6. The summed E-state index contributed by atoms with van der Waals surface area (Å²) in [4.78, 5) is 12.5. The second kappa shape index (κ2) is 6.48. The maximum atomic E-state index is 13.6. The third-order valence-corrected chi connectivity index (χ3v) is 4.41. The Morgan fingerprint density at radius 2 is 1.81 bits per heavy atom. The van der Waals surface area contributed by atoms with Gasteiger partial charge in [-0.15, -0.1) is 0 Å². The zero-order chi connectivity index (χ0) is 18.1. The molecular weight excluding hydrogens is 327 g/mol. The Labute approximate surface area is 151 Å². The quantitative estimate of drug-likeness (QED) is 0.557. The van der Waals surface area contributed by atoms with E-state index < -0.39 is 0 Å². The Kier molecular flexibility index (Phi) is 4.01. The second-order valence-corrected chi connectivity index (χ2v) is 6.16. The lowest BCUT2D eigenvalue weighted by Crippen LogP contribution is -2.26. The number of carbonyl (C=O) groups excluding carboxylic acids is 1. The predicted molar refractivity (Wildman–Crippen MR) is 102 cm³/mol. The number of fused-ring (bicyclic) bond motifs is 1. The molecule has 1 aliphatic rings. The maximum absolute atomic E-state index is 13.6. The van der Waals surface area contributed by atoms with E-state index in [2.05, 4.69) is 11.9 Å². The van der Waals surface area contributed by atoms with Crippen molar-refractivity contribution in [3.63, 3.8) is 0 Å². The van der Waals surface area contributed by atoms with E-state index >= 15 is 0 Å². The third kappa shape index (κ3) is 2.86. The molecule has 0 fully saturated rings. The molecule has 4 rings (SSSR count). The molecule has 26 heavy (non-hydrogen) atoms. The van der Waals surface area contributed by atoms with Crippen LogP contribution in [-0.4, -0.2) is 16.9 Å². The van der Waals surface area contributed by atoms with Crippen LogP contribution < -0.4 is 5.32 Å². The van der Waals surface area contributed by atoms with Crippen molar-refractivity contribution >= 4 is 17.2 Å². The zero-order valence-electron chi connectivity index (χ0n) is 14.1. The van der Waals surface area contributed by atoms with Gasteiger partial charge in [-0.1, -0.05) is 49.0 Å². The van der Waals surface area contributed by atoms with Crippen molar-refractivity contribution in [3.8, 4) is 11.3 Å². The molecule has 3 aromatic rings. The van der Waals surface area contributed by atoms with E-state index in [0.29, 0.717) is 12.1 Å². The maximum Gasteiger partial charge on any atom is 0.187 e. The normalized spacial score (nSPS) is 14.8. The van der Waals surface area contributed by atoms with Gasteiger partial charge in [0.2, 0.25) is 0 Å². The fourth-order valence-corrected chi connectivity index (χ4v) is 3.17. The first-order valence-corrected chi connectivity index (χ1v) is 8.34. The number of benzene rings is 2. The molecule has 1 aromatic heterocycles. The lowest BCUT2D eigenvalue weighted by Gasteiger charge is -2.24. The van der Waals surface area contributed by atoms with E-state index in [0.717, 1.165) is 28.3 Å². The van der Waals surface area contributed by atoms with E-state index in [-0.39, 0.29) is 11.6 Å². The van der Waals surface area contributed by atoms with Crippen LogP contribution in [0.25, 0.3) is 22.7 Å². The average Bonchev–Trinajstić information content (AvgIpc) is 3.11. The number of carbonyl (C=O) groups is 1. The highest BCUT2D eigenvalue weighted by Gasteiger charge is 2.21. The summed E-state index contributed by atoms with van der Waals surface area (Å²) in [5.41, 5.74) is 4.67. The van der Waals surface area contributed by atoms with Gasteiger partial charge < -0.3 is 9.88 Å². The lowest BCUT2D eigenvalue weighted by molar-refractivity contribution is 0.104. The number of hydrogen-bond acceptors (Lipinski definition) is 2. The van der Waals surface area contributed by atoms with Crippen LogP contribution in [0.1, 0.15) is 16.1 Å². The largest absolute Gasteiger partial charge is 0.378 e. The van der Waals surface area contributed by atoms with Crippen LogP contribution >= 0.6 is 0 Å². The van der Waals surface area contributed by atoms with Gasteiger partial charge in [0.15, 0.2) is 5.78 Å². The molecule has 0 amide bonds.